The lowest BCUT2D eigenvalue weighted by Gasteiger charge is -2.09. The van der Waals surface area contributed by atoms with Crippen molar-refractivity contribution in [2.24, 2.45) is 10.7 Å². The fourth-order valence-electron chi connectivity index (χ4n) is 2.00. The van der Waals surface area contributed by atoms with E-state index in [0.717, 1.165) is 17.8 Å². The quantitative estimate of drug-likeness (QED) is 0.655. The number of para-hydroxylation sites is 1. The van der Waals surface area contributed by atoms with Gasteiger partial charge >= 0.3 is 0 Å². The smallest absolute Gasteiger partial charge is 0.193 e. The normalized spacial score (nSPS) is 11.7. The van der Waals surface area contributed by atoms with E-state index < -0.39 is 0 Å². The van der Waals surface area contributed by atoms with Crippen molar-refractivity contribution < 1.29 is 0 Å². The summed E-state index contributed by atoms with van der Waals surface area (Å²) in [4.78, 5) is 6.50. The molecule has 3 N–H and O–H groups in total. The van der Waals surface area contributed by atoms with Gasteiger partial charge in [0.15, 0.2) is 5.96 Å². The van der Waals surface area contributed by atoms with E-state index in [2.05, 4.69) is 53.6 Å². The molecule has 0 aromatic heterocycles. The van der Waals surface area contributed by atoms with Gasteiger partial charge in [0.1, 0.15) is 0 Å². The molecule has 0 aliphatic carbocycles. The fraction of sp³-hybridized carbons (Fsp3) is 0.235. The Kier molecular flexibility index (Phi) is 5.35. The van der Waals surface area contributed by atoms with Crippen LogP contribution in [0.25, 0.3) is 0 Å². The first kappa shape index (κ1) is 15.1. The van der Waals surface area contributed by atoms with Gasteiger partial charge in [-0.3, -0.25) is 0 Å². The summed E-state index contributed by atoms with van der Waals surface area (Å²) < 4.78 is 0. The lowest BCUT2D eigenvalue weighted by molar-refractivity contribution is 0.402. The molecule has 21 heavy (non-hydrogen) atoms. The molecule has 0 saturated carbocycles. The van der Waals surface area contributed by atoms with Crippen molar-refractivity contribution in [3.05, 3.63) is 65.7 Å². The average Bonchev–Trinajstić information content (AvgIpc) is 2.47. The van der Waals surface area contributed by atoms with Crippen molar-refractivity contribution in [2.45, 2.75) is 13.1 Å². The summed E-state index contributed by atoms with van der Waals surface area (Å²) in [6, 6.07) is 18.2. The molecule has 110 valence electrons. The van der Waals surface area contributed by atoms with Crippen molar-refractivity contribution >= 4 is 11.6 Å². The topological polar surface area (TPSA) is 53.6 Å². The van der Waals surface area contributed by atoms with E-state index in [4.69, 9.17) is 5.73 Å². The lowest BCUT2D eigenvalue weighted by Crippen LogP contribution is -2.22. The van der Waals surface area contributed by atoms with E-state index >= 15 is 0 Å². The Bertz CT molecular complexity index is 573. The molecule has 2 aromatic carbocycles. The van der Waals surface area contributed by atoms with Gasteiger partial charge in [0, 0.05) is 12.2 Å². The fourth-order valence-corrected chi connectivity index (χ4v) is 2.00. The van der Waals surface area contributed by atoms with Crippen molar-refractivity contribution in [2.75, 3.05) is 19.4 Å². The van der Waals surface area contributed by atoms with Crippen LogP contribution in [0.15, 0.2) is 59.6 Å². The Morgan fingerprint density at radius 3 is 2.24 bits per heavy atom. The predicted molar refractivity (Wildman–Crippen MR) is 89.2 cm³/mol. The number of rotatable bonds is 5. The zero-order valence-corrected chi connectivity index (χ0v) is 12.6. The third-order valence-corrected chi connectivity index (χ3v) is 3.00. The van der Waals surface area contributed by atoms with Gasteiger partial charge in [0.25, 0.3) is 0 Å². The largest absolute Gasteiger partial charge is 0.370 e. The molecule has 4 heteroatoms. The Morgan fingerprint density at radius 1 is 1.00 bits per heavy atom. The highest BCUT2D eigenvalue weighted by atomic mass is 15.1. The van der Waals surface area contributed by atoms with Gasteiger partial charge in [-0.05, 0) is 37.4 Å². The van der Waals surface area contributed by atoms with Crippen LogP contribution in [0.5, 0.6) is 0 Å². The van der Waals surface area contributed by atoms with Crippen LogP contribution >= 0.6 is 0 Å². The van der Waals surface area contributed by atoms with E-state index in [0.29, 0.717) is 12.5 Å². The van der Waals surface area contributed by atoms with E-state index in [-0.39, 0.29) is 0 Å². The van der Waals surface area contributed by atoms with Gasteiger partial charge in [0.05, 0.1) is 6.54 Å². The number of aliphatic imine (C=N–C) groups is 1. The zero-order chi connectivity index (χ0) is 15.1. The molecular formula is C17H22N4. The van der Waals surface area contributed by atoms with Gasteiger partial charge in [-0.25, -0.2) is 4.99 Å². The third kappa shape index (κ3) is 5.28. The summed E-state index contributed by atoms with van der Waals surface area (Å²) in [5.41, 5.74) is 9.27. The standard InChI is InChI=1S/C17H22N4/c1-21(2)13-15-10-8-14(9-11-15)12-19-17(18)20-16-6-4-3-5-7-16/h3-11H,12-13H2,1-2H3,(H3,18,19,20). The van der Waals surface area contributed by atoms with Crippen LogP contribution in [0.3, 0.4) is 0 Å². The first-order valence-corrected chi connectivity index (χ1v) is 6.98. The number of anilines is 1. The van der Waals surface area contributed by atoms with Gasteiger partial charge < -0.3 is 16.0 Å². The number of guanidine groups is 1. The molecule has 0 radical (unpaired) electrons. The minimum absolute atomic E-state index is 0.429. The molecule has 0 aliphatic heterocycles. The first-order valence-electron chi connectivity index (χ1n) is 6.98. The second-order valence-corrected chi connectivity index (χ2v) is 5.25. The first-order chi connectivity index (χ1) is 10.1. The van der Waals surface area contributed by atoms with Gasteiger partial charge in [-0.2, -0.15) is 0 Å². The van der Waals surface area contributed by atoms with E-state index in [1.807, 2.05) is 30.3 Å². The second kappa shape index (κ2) is 7.45. The Labute approximate surface area is 126 Å². The third-order valence-electron chi connectivity index (χ3n) is 3.00. The molecule has 0 saturated heterocycles. The summed E-state index contributed by atoms with van der Waals surface area (Å²) in [5, 5.41) is 3.07. The number of nitrogens with two attached hydrogens (primary N) is 1. The molecule has 0 fully saturated rings. The van der Waals surface area contributed by atoms with Crippen molar-refractivity contribution in [1.82, 2.24) is 4.90 Å². The molecular weight excluding hydrogens is 260 g/mol. The number of nitrogens with one attached hydrogen (secondary N) is 1. The highest BCUT2D eigenvalue weighted by Gasteiger charge is 1.97. The Hall–Kier alpha value is -2.33. The molecule has 4 nitrogen and oxygen atoms in total. The summed E-state index contributed by atoms with van der Waals surface area (Å²) in [6.07, 6.45) is 0. The Morgan fingerprint density at radius 2 is 1.62 bits per heavy atom. The van der Waals surface area contributed by atoms with Crippen molar-refractivity contribution in [1.29, 1.82) is 0 Å². The van der Waals surface area contributed by atoms with Gasteiger partial charge in [-0.1, -0.05) is 42.5 Å². The van der Waals surface area contributed by atoms with Crippen molar-refractivity contribution in [3.8, 4) is 0 Å². The Balaban J connectivity index is 1.90. The van der Waals surface area contributed by atoms with Crippen LogP contribution in [0.1, 0.15) is 11.1 Å². The summed E-state index contributed by atoms with van der Waals surface area (Å²) in [5.74, 6) is 0.429. The number of hydrogen-bond acceptors (Lipinski definition) is 2. The number of benzene rings is 2. The van der Waals surface area contributed by atoms with Crippen LogP contribution < -0.4 is 11.1 Å². The SMILES string of the molecule is CN(C)Cc1ccc(CN=C(N)Nc2ccccc2)cc1. The van der Waals surface area contributed by atoms with E-state index in [1.165, 1.54) is 5.56 Å². The molecule has 0 heterocycles. The molecule has 0 aliphatic rings. The summed E-state index contributed by atoms with van der Waals surface area (Å²) >= 11 is 0. The predicted octanol–water partition coefficient (Wildman–Crippen LogP) is 2.68. The van der Waals surface area contributed by atoms with Crippen LogP contribution in [0.2, 0.25) is 0 Å². The van der Waals surface area contributed by atoms with Crippen LogP contribution in [-0.2, 0) is 13.1 Å². The number of hydrogen-bond donors (Lipinski definition) is 2. The van der Waals surface area contributed by atoms with Crippen LogP contribution in [0, 0.1) is 0 Å². The molecule has 0 bridgehead atoms. The molecule has 0 amide bonds. The zero-order valence-electron chi connectivity index (χ0n) is 12.6. The molecule has 0 unspecified atom stereocenters. The highest BCUT2D eigenvalue weighted by Crippen LogP contribution is 2.08. The minimum Gasteiger partial charge on any atom is -0.370 e. The van der Waals surface area contributed by atoms with Crippen LogP contribution in [0.4, 0.5) is 5.69 Å². The average molecular weight is 282 g/mol. The van der Waals surface area contributed by atoms with E-state index in [1.54, 1.807) is 0 Å². The van der Waals surface area contributed by atoms with Gasteiger partial charge in [0.2, 0.25) is 0 Å². The maximum Gasteiger partial charge on any atom is 0.193 e. The highest BCUT2D eigenvalue weighted by molar-refractivity contribution is 5.92. The van der Waals surface area contributed by atoms with Crippen molar-refractivity contribution in [3.63, 3.8) is 0 Å². The lowest BCUT2D eigenvalue weighted by atomic mass is 10.1. The van der Waals surface area contributed by atoms with E-state index in [9.17, 15) is 0 Å². The maximum atomic E-state index is 5.88. The van der Waals surface area contributed by atoms with Crippen LogP contribution in [-0.4, -0.2) is 25.0 Å². The molecule has 2 aromatic rings. The molecule has 0 atom stereocenters. The number of nitrogens with zero attached hydrogens (tertiary/aromatic N) is 2. The maximum absolute atomic E-state index is 5.88. The minimum atomic E-state index is 0.429. The monoisotopic (exact) mass is 282 g/mol. The summed E-state index contributed by atoms with van der Waals surface area (Å²) in [6.45, 7) is 1.52. The summed E-state index contributed by atoms with van der Waals surface area (Å²) in [7, 11) is 4.13. The second-order valence-electron chi connectivity index (χ2n) is 5.25. The molecule has 2 rings (SSSR count). The molecule has 0 spiro atoms. The van der Waals surface area contributed by atoms with Gasteiger partial charge in [-0.15, -0.1) is 0 Å².